The fourth-order valence-electron chi connectivity index (χ4n) is 2.79. The second-order valence-electron chi connectivity index (χ2n) is 7.48. The van der Waals surface area contributed by atoms with E-state index in [1.807, 2.05) is 27.7 Å². The molecule has 2 heterocycles. The average molecular weight is 372 g/mol. The molecule has 3 rings (SSSR count). The molecule has 1 aliphatic rings. The monoisotopic (exact) mass is 372 g/mol. The van der Waals surface area contributed by atoms with E-state index in [9.17, 15) is 9.18 Å². The lowest BCUT2D eigenvalue weighted by molar-refractivity contribution is 0.00578. The summed E-state index contributed by atoms with van der Waals surface area (Å²) in [5.74, 6) is -1.20. The van der Waals surface area contributed by atoms with Gasteiger partial charge in [-0.25, -0.2) is 14.2 Å². The summed E-state index contributed by atoms with van der Waals surface area (Å²) in [5.41, 5.74) is 6.56. The number of esters is 1. The predicted octanol–water partition coefficient (Wildman–Crippen LogP) is 2.56. The zero-order valence-electron chi connectivity index (χ0n) is 16.0. The number of methoxy groups -OCH3 is 1. The third-order valence-corrected chi connectivity index (χ3v) is 5.15. The van der Waals surface area contributed by atoms with Gasteiger partial charge in [0.15, 0.2) is 0 Å². The Balaban J connectivity index is 1.98. The maximum absolute atomic E-state index is 14.3. The number of ether oxygens (including phenoxy) is 1. The van der Waals surface area contributed by atoms with E-state index in [0.29, 0.717) is 16.6 Å². The molecule has 0 aliphatic carbocycles. The smallest absolute Gasteiger partial charge is 0.465 e. The lowest BCUT2D eigenvalue weighted by Crippen LogP contribution is -2.41. The van der Waals surface area contributed by atoms with E-state index in [1.54, 1.807) is 18.3 Å². The van der Waals surface area contributed by atoms with Gasteiger partial charge < -0.3 is 19.8 Å². The highest BCUT2D eigenvalue weighted by molar-refractivity contribution is 6.62. The number of carbonyl (C=O) groups excluding carboxylic acids is 1. The van der Waals surface area contributed by atoms with Crippen molar-refractivity contribution in [1.29, 1.82) is 0 Å². The molecule has 0 radical (unpaired) electrons. The first-order valence-electron chi connectivity index (χ1n) is 8.55. The molecule has 27 heavy (non-hydrogen) atoms. The molecule has 1 fully saturated rings. The summed E-state index contributed by atoms with van der Waals surface area (Å²) >= 11 is 0. The topological polar surface area (TPSA) is 83.7 Å². The normalized spacial score (nSPS) is 17.8. The van der Waals surface area contributed by atoms with Gasteiger partial charge in [-0.15, -0.1) is 0 Å². The van der Waals surface area contributed by atoms with Crippen LogP contribution in [0.2, 0.25) is 0 Å². The van der Waals surface area contributed by atoms with E-state index in [1.165, 1.54) is 19.2 Å². The number of nitrogen functional groups attached to an aromatic ring is 1. The van der Waals surface area contributed by atoms with Crippen LogP contribution in [0.5, 0.6) is 0 Å². The molecule has 0 amide bonds. The molecule has 6 nitrogen and oxygen atoms in total. The van der Waals surface area contributed by atoms with Gasteiger partial charge >= 0.3 is 13.1 Å². The number of nitrogens with two attached hydrogens (primary N) is 1. The lowest BCUT2D eigenvalue weighted by Gasteiger charge is -2.32. The third-order valence-electron chi connectivity index (χ3n) is 5.15. The molecule has 1 aliphatic heterocycles. The molecular weight excluding hydrogens is 350 g/mol. The Morgan fingerprint density at radius 3 is 2.37 bits per heavy atom. The second kappa shape index (κ2) is 6.62. The van der Waals surface area contributed by atoms with Crippen LogP contribution in [-0.4, -0.2) is 36.4 Å². The van der Waals surface area contributed by atoms with Crippen LogP contribution in [-0.2, 0) is 14.0 Å². The standard InChI is InChI=1S/C19H22BFN2O4/c1-18(2)19(3,4)27-20(26-18)12-9-14(16(22)23-10-12)11-6-7-13(15(21)8-11)17(24)25-5/h6-10H,1-5H3,(H2,22,23). The summed E-state index contributed by atoms with van der Waals surface area (Å²) in [4.78, 5) is 15.8. The molecule has 0 unspecified atom stereocenters. The minimum Gasteiger partial charge on any atom is -0.465 e. The van der Waals surface area contributed by atoms with Crippen molar-refractivity contribution < 1.29 is 23.2 Å². The van der Waals surface area contributed by atoms with Gasteiger partial charge in [0.1, 0.15) is 11.6 Å². The van der Waals surface area contributed by atoms with Crippen molar-refractivity contribution in [2.24, 2.45) is 0 Å². The summed E-state index contributed by atoms with van der Waals surface area (Å²) in [6.45, 7) is 7.83. The number of anilines is 1. The van der Waals surface area contributed by atoms with Gasteiger partial charge in [-0.3, -0.25) is 0 Å². The Labute approximate surface area is 158 Å². The number of hydrogen-bond acceptors (Lipinski definition) is 6. The van der Waals surface area contributed by atoms with Crippen molar-refractivity contribution in [3.05, 3.63) is 41.8 Å². The first-order chi connectivity index (χ1) is 12.6. The Morgan fingerprint density at radius 2 is 1.81 bits per heavy atom. The van der Waals surface area contributed by atoms with Crippen molar-refractivity contribution in [3.63, 3.8) is 0 Å². The minimum atomic E-state index is -0.740. The van der Waals surface area contributed by atoms with Crippen molar-refractivity contribution in [2.45, 2.75) is 38.9 Å². The average Bonchev–Trinajstić information content (AvgIpc) is 2.82. The largest absolute Gasteiger partial charge is 0.496 e. The van der Waals surface area contributed by atoms with Crippen molar-refractivity contribution in [1.82, 2.24) is 4.98 Å². The fourth-order valence-corrected chi connectivity index (χ4v) is 2.79. The molecule has 142 valence electrons. The number of nitrogens with zero attached hydrogens (tertiary/aromatic N) is 1. The number of benzene rings is 1. The fraction of sp³-hybridized carbons (Fsp3) is 0.368. The van der Waals surface area contributed by atoms with Crippen LogP contribution in [0.4, 0.5) is 10.2 Å². The van der Waals surface area contributed by atoms with Crippen LogP contribution in [0.3, 0.4) is 0 Å². The number of aromatic nitrogens is 1. The van der Waals surface area contributed by atoms with Crippen LogP contribution < -0.4 is 11.2 Å². The number of carbonyl (C=O) groups is 1. The van der Waals surface area contributed by atoms with E-state index in [-0.39, 0.29) is 11.4 Å². The SMILES string of the molecule is COC(=O)c1ccc(-c2cc(B3OC(C)(C)C(C)(C)O3)cnc2N)cc1F. The second-order valence-corrected chi connectivity index (χ2v) is 7.48. The van der Waals surface area contributed by atoms with Crippen molar-refractivity contribution in [3.8, 4) is 11.1 Å². The van der Waals surface area contributed by atoms with Crippen LogP contribution >= 0.6 is 0 Å². The highest BCUT2D eigenvalue weighted by Crippen LogP contribution is 2.37. The Hall–Kier alpha value is -2.45. The number of hydrogen-bond donors (Lipinski definition) is 1. The van der Waals surface area contributed by atoms with Gasteiger partial charge in [-0.1, -0.05) is 6.07 Å². The molecule has 0 spiro atoms. The molecule has 0 saturated carbocycles. The van der Waals surface area contributed by atoms with Crippen molar-refractivity contribution in [2.75, 3.05) is 12.8 Å². The minimum absolute atomic E-state index is 0.144. The van der Waals surface area contributed by atoms with Gasteiger partial charge in [0, 0.05) is 17.2 Å². The summed E-state index contributed by atoms with van der Waals surface area (Å²) in [7, 11) is 0.590. The van der Waals surface area contributed by atoms with E-state index in [4.69, 9.17) is 15.0 Å². The van der Waals surface area contributed by atoms with Gasteiger partial charge in [0.25, 0.3) is 0 Å². The number of halogens is 1. The van der Waals surface area contributed by atoms with E-state index >= 15 is 0 Å². The molecule has 1 aromatic carbocycles. The molecule has 2 N–H and O–H groups in total. The van der Waals surface area contributed by atoms with E-state index in [2.05, 4.69) is 9.72 Å². The number of rotatable bonds is 3. The summed E-state index contributed by atoms with van der Waals surface area (Å²) < 4.78 is 30.9. The Morgan fingerprint density at radius 1 is 1.19 bits per heavy atom. The summed E-state index contributed by atoms with van der Waals surface area (Å²) in [6, 6.07) is 5.94. The van der Waals surface area contributed by atoms with E-state index in [0.717, 1.165) is 0 Å². The van der Waals surface area contributed by atoms with Gasteiger partial charge in [0.2, 0.25) is 0 Å². The molecule has 2 aromatic rings. The molecule has 1 saturated heterocycles. The van der Waals surface area contributed by atoms with Crippen molar-refractivity contribution >= 4 is 24.4 Å². The summed E-state index contributed by atoms with van der Waals surface area (Å²) in [6.07, 6.45) is 1.58. The van der Waals surface area contributed by atoms with Crippen LogP contribution in [0.25, 0.3) is 11.1 Å². The van der Waals surface area contributed by atoms with Gasteiger partial charge in [-0.2, -0.15) is 0 Å². The predicted molar refractivity (Wildman–Crippen MR) is 101 cm³/mol. The van der Waals surface area contributed by atoms with Crippen LogP contribution in [0.1, 0.15) is 38.1 Å². The van der Waals surface area contributed by atoms with Gasteiger partial charge in [-0.05, 0) is 51.5 Å². The van der Waals surface area contributed by atoms with Gasteiger partial charge in [0.05, 0.1) is 23.9 Å². The molecule has 0 bridgehead atoms. The summed E-state index contributed by atoms with van der Waals surface area (Å²) in [5, 5.41) is 0. The highest BCUT2D eigenvalue weighted by Gasteiger charge is 2.51. The molecule has 0 atom stereocenters. The molecular formula is C19H22BFN2O4. The first-order valence-corrected chi connectivity index (χ1v) is 8.55. The Bertz CT molecular complexity index is 885. The maximum Gasteiger partial charge on any atom is 0.496 e. The number of pyridine rings is 1. The van der Waals surface area contributed by atoms with E-state index < -0.39 is 30.1 Å². The van der Waals surface area contributed by atoms with Crippen LogP contribution in [0, 0.1) is 5.82 Å². The molecule has 1 aromatic heterocycles. The zero-order chi connectivity index (χ0) is 20.0. The molecule has 8 heteroatoms. The highest BCUT2D eigenvalue weighted by atomic mass is 19.1. The quantitative estimate of drug-likeness (QED) is 0.659. The Kier molecular flexibility index (Phi) is 4.73. The lowest BCUT2D eigenvalue weighted by atomic mass is 9.79. The van der Waals surface area contributed by atoms with Crippen LogP contribution in [0.15, 0.2) is 30.5 Å². The third kappa shape index (κ3) is 3.42. The zero-order valence-corrected chi connectivity index (χ0v) is 16.0. The first kappa shape index (κ1) is 19.3. The maximum atomic E-state index is 14.3.